The van der Waals surface area contributed by atoms with E-state index < -0.39 is 50.2 Å². The van der Waals surface area contributed by atoms with Crippen molar-refractivity contribution in [1.82, 2.24) is 4.90 Å². The molecule has 1 heterocycles. The fourth-order valence-corrected chi connectivity index (χ4v) is 8.11. The predicted octanol–water partition coefficient (Wildman–Crippen LogP) is 3.42. The Morgan fingerprint density at radius 2 is 1.90 bits per heavy atom. The molecule has 2 fully saturated rings. The predicted molar refractivity (Wildman–Crippen MR) is 154 cm³/mol. The van der Waals surface area contributed by atoms with Gasteiger partial charge in [-0.2, -0.15) is 8.42 Å². The van der Waals surface area contributed by atoms with Crippen LogP contribution in [0.4, 0.5) is 15.8 Å². The Balaban J connectivity index is 1.45. The van der Waals surface area contributed by atoms with Gasteiger partial charge in [0.05, 0.1) is 30.9 Å². The summed E-state index contributed by atoms with van der Waals surface area (Å²) in [7, 11) is -7.91. The Hall–Kier alpha value is -3.52. The zero-order valence-electron chi connectivity index (χ0n) is 23.5. The van der Waals surface area contributed by atoms with E-state index in [-0.39, 0.29) is 53.1 Å². The first kappa shape index (κ1) is 30.0. The molecule has 0 aromatic heterocycles. The van der Waals surface area contributed by atoms with Gasteiger partial charge in [0.15, 0.2) is 0 Å². The first-order chi connectivity index (χ1) is 19.8. The molecule has 1 amide bonds. The summed E-state index contributed by atoms with van der Waals surface area (Å²) < 4.78 is 75.2. The van der Waals surface area contributed by atoms with Crippen molar-refractivity contribution in [2.75, 3.05) is 22.9 Å². The number of hydrogen-bond donors (Lipinski definition) is 2. The lowest BCUT2D eigenvalue weighted by molar-refractivity contribution is -0.154. The molecule has 11 nitrogen and oxygen atoms in total. The quantitative estimate of drug-likeness (QED) is 0.405. The molecule has 42 heavy (non-hydrogen) atoms. The molecule has 5 rings (SSSR count). The minimum Gasteiger partial charge on any atom is -0.466 e. The van der Waals surface area contributed by atoms with Crippen LogP contribution in [-0.4, -0.2) is 58.4 Å². The van der Waals surface area contributed by atoms with Crippen LogP contribution in [0.15, 0.2) is 45.7 Å². The Morgan fingerprint density at radius 3 is 2.60 bits per heavy atom. The van der Waals surface area contributed by atoms with Gasteiger partial charge in [-0.25, -0.2) is 12.8 Å². The second-order valence-electron chi connectivity index (χ2n) is 11.1. The molecule has 1 aliphatic heterocycles. The lowest BCUT2D eigenvalue weighted by Crippen LogP contribution is -2.50. The molecular weight excluding hydrogens is 587 g/mol. The van der Waals surface area contributed by atoms with E-state index in [0.29, 0.717) is 11.1 Å². The van der Waals surface area contributed by atoms with Gasteiger partial charge < -0.3 is 15.0 Å². The number of hydrogen-bond acceptors (Lipinski definition) is 8. The van der Waals surface area contributed by atoms with Gasteiger partial charge in [0.25, 0.3) is 10.0 Å². The fraction of sp³-hybridized carbons (Fsp3) is 0.464. The average molecular weight is 621 g/mol. The second kappa shape index (κ2) is 11.3. The molecular formula is C28H33FN4O7S2. The van der Waals surface area contributed by atoms with Crippen molar-refractivity contribution in [3.63, 3.8) is 0 Å². The van der Waals surface area contributed by atoms with Crippen molar-refractivity contribution < 1.29 is 35.6 Å². The highest BCUT2D eigenvalue weighted by atomic mass is 32.2. The maximum absolute atomic E-state index is 14.5. The summed E-state index contributed by atoms with van der Waals surface area (Å²) in [4.78, 5) is 28.4. The highest BCUT2D eigenvalue weighted by molar-refractivity contribution is 7.92. The van der Waals surface area contributed by atoms with Crippen molar-refractivity contribution in [3.05, 3.63) is 53.3 Å². The van der Waals surface area contributed by atoms with Crippen LogP contribution in [0.25, 0.3) is 0 Å². The van der Waals surface area contributed by atoms with Crippen molar-refractivity contribution >= 4 is 49.1 Å². The number of sulfonamides is 2. The topological polar surface area (TPSA) is 151 Å². The molecule has 2 aliphatic carbocycles. The van der Waals surface area contributed by atoms with E-state index in [0.717, 1.165) is 31.6 Å². The average Bonchev–Trinajstić information content (AvgIpc) is 3.51. The molecule has 0 spiro atoms. The van der Waals surface area contributed by atoms with Crippen molar-refractivity contribution in [1.29, 1.82) is 0 Å². The smallest absolute Gasteiger partial charge is 0.311 e. The molecule has 3 aliphatic rings. The van der Waals surface area contributed by atoms with Gasteiger partial charge in [-0.1, -0.05) is 12.1 Å². The molecule has 0 unspecified atom stereocenters. The Morgan fingerprint density at radius 1 is 1.17 bits per heavy atom. The minimum absolute atomic E-state index is 0.0248. The number of esters is 1. The number of ether oxygens (including phenoxy) is 1. The molecule has 2 N–H and O–H groups in total. The highest BCUT2D eigenvalue weighted by Gasteiger charge is 2.54. The molecule has 0 saturated heterocycles. The number of amides is 1. The zero-order chi connectivity index (χ0) is 30.4. The Kier molecular flexibility index (Phi) is 8.05. The summed E-state index contributed by atoms with van der Waals surface area (Å²) in [6.45, 7) is 3.59. The Bertz CT molecular complexity index is 1680. The van der Waals surface area contributed by atoms with Crippen molar-refractivity contribution in [2.45, 2.75) is 57.0 Å². The normalized spacial score (nSPS) is 23.9. The molecule has 4 atom stereocenters. The summed E-state index contributed by atoms with van der Waals surface area (Å²) in [5.74, 6) is -1.79. The van der Waals surface area contributed by atoms with Crippen LogP contribution in [0.2, 0.25) is 0 Å². The maximum atomic E-state index is 14.5. The van der Waals surface area contributed by atoms with E-state index >= 15 is 0 Å². The van der Waals surface area contributed by atoms with Gasteiger partial charge in [0, 0.05) is 18.3 Å². The number of aryl methyl sites for hydroxylation is 1. The molecule has 14 heteroatoms. The molecule has 2 aromatic rings. The maximum Gasteiger partial charge on any atom is 0.311 e. The van der Waals surface area contributed by atoms with E-state index in [9.17, 15) is 30.8 Å². The number of amidine groups is 1. The molecule has 226 valence electrons. The first-order valence-corrected chi connectivity index (χ1v) is 17.0. The third kappa shape index (κ3) is 6.14. The molecule has 2 aromatic carbocycles. The first-order valence-electron chi connectivity index (χ1n) is 13.7. The third-order valence-electron chi connectivity index (χ3n) is 8.09. The number of anilines is 2. The van der Waals surface area contributed by atoms with E-state index in [1.54, 1.807) is 30.9 Å². The summed E-state index contributed by atoms with van der Waals surface area (Å²) in [5, 5.41) is 2.88. The standard InChI is InChI=1S/C28H33FN4O7S2/c1-4-40-28(35)26-18-7-8-19(12-18)27(26)33(15-17-6-5-16(2)21(29)11-17)25(34)14-24-30-22-10-9-20(31-41(3,36)37)13-23(22)42(38,39)32-24/h5-6,9-11,13,18-19,26-27,31H,4,7-8,12,14-15H2,1-3H3,(H,30,32)/t18-,19+,26+,27-/m0/s1. The largest absolute Gasteiger partial charge is 0.466 e. The summed E-state index contributed by atoms with van der Waals surface area (Å²) >= 11 is 0. The number of carbonyl (C=O) groups is 2. The highest BCUT2D eigenvalue weighted by Crippen LogP contribution is 2.51. The van der Waals surface area contributed by atoms with Crippen LogP contribution in [0.5, 0.6) is 0 Å². The van der Waals surface area contributed by atoms with Crippen LogP contribution in [0, 0.1) is 30.5 Å². The van der Waals surface area contributed by atoms with Crippen molar-refractivity contribution in [2.24, 2.45) is 22.2 Å². The fourth-order valence-electron chi connectivity index (χ4n) is 6.38. The van der Waals surface area contributed by atoms with E-state index in [1.807, 2.05) is 0 Å². The summed E-state index contributed by atoms with van der Waals surface area (Å²) in [6.07, 6.45) is 2.98. The zero-order valence-corrected chi connectivity index (χ0v) is 25.1. The molecule has 2 bridgehead atoms. The number of rotatable bonds is 9. The van der Waals surface area contributed by atoms with Gasteiger partial charge >= 0.3 is 5.97 Å². The van der Waals surface area contributed by atoms with E-state index in [4.69, 9.17) is 4.74 Å². The number of halogens is 1. The van der Waals surface area contributed by atoms with Crippen LogP contribution in [0.3, 0.4) is 0 Å². The second-order valence-corrected chi connectivity index (χ2v) is 14.4. The van der Waals surface area contributed by atoms with Gasteiger partial charge in [-0.05, 0) is 80.3 Å². The number of nitrogens with zero attached hydrogens (tertiary/aromatic N) is 2. The van der Waals surface area contributed by atoms with Crippen molar-refractivity contribution in [3.8, 4) is 0 Å². The minimum atomic E-state index is -4.27. The molecule has 2 saturated carbocycles. The van der Waals surface area contributed by atoms with Crippen LogP contribution in [-0.2, 0) is 40.9 Å². The summed E-state index contributed by atoms with van der Waals surface area (Å²) in [5.41, 5.74) is 1.19. The number of fused-ring (bicyclic) bond motifs is 3. The lowest BCUT2D eigenvalue weighted by atomic mass is 9.83. The van der Waals surface area contributed by atoms with Gasteiger partial charge in [-0.15, -0.1) is 4.40 Å². The SMILES string of the molecule is CCOC(=O)[C@@H]1[C@H]2CC[C@H](C2)[C@@H]1N(Cc1ccc(C)c(F)c1)C(=O)CC1=NS(=O)(=O)c2cc(NS(C)(=O)=O)ccc2N1. The number of benzene rings is 2. The van der Waals surface area contributed by atoms with E-state index in [1.165, 1.54) is 18.2 Å². The van der Waals surface area contributed by atoms with Crippen LogP contribution >= 0.6 is 0 Å². The van der Waals surface area contributed by atoms with E-state index in [2.05, 4.69) is 14.4 Å². The van der Waals surface area contributed by atoms with Crippen LogP contribution in [0.1, 0.15) is 43.7 Å². The lowest BCUT2D eigenvalue weighted by Gasteiger charge is -2.39. The monoisotopic (exact) mass is 620 g/mol. The summed E-state index contributed by atoms with van der Waals surface area (Å²) in [6, 6.07) is 8.16. The van der Waals surface area contributed by atoms with Gasteiger partial charge in [0.1, 0.15) is 16.5 Å². The Labute approximate surface area is 244 Å². The van der Waals surface area contributed by atoms with Crippen LogP contribution < -0.4 is 10.0 Å². The third-order valence-corrected chi connectivity index (χ3v) is 10.1. The number of nitrogens with one attached hydrogen (secondary N) is 2. The number of carbonyl (C=O) groups excluding carboxylic acids is 2. The van der Waals surface area contributed by atoms with Gasteiger partial charge in [0.2, 0.25) is 15.9 Å². The molecule has 0 radical (unpaired) electrons. The van der Waals surface area contributed by atoms with Gasteiger partial charge in [-0.3, -0.25) is 14.3 Å².